The van der Waals surface area contributed by atoms with Crippen LogP contribution in [0, 0.1) is 18.6 Å². The molecule has 1 fully saturated rings. The Morgan fingerprint density at radius 1 is 1.28 bits per heavy atom. The van der Waals surface area contributed by atoms with Gasteiger partial charge >= 0.3 is 0 Å². The number of benzene rings is 1. The summed E-state index contributed by atoms with van der Waals surface area (Å²) in [7, 11) is 0. The first kappa shape index (κ1) is 13.2. The molecule has 1 saturated heterocycles. The monoisotopic (exact) mass is 259 g/mol. The van der Waals surface area contributed by atoms with E-state index in [1.807, 2.05) is 4.90 Å². The molecule has 0 atom stereocenters. The van der Waals surface area contributed by atoms with E-state index in [1.54, 1.807) is 0 Å². The molecule has 18 heavy (non-hydrogen) atoms. The van der Waals surface area contributed by atoms with Gasteiger partial charge in [-0.15, -0.1) is 0 Å². The van der Waals surface area contributed by atoms with Crippen molar-refractivity contribution in [2.75, 3.05) is 26.3 Å². The third kappa shape index (κ3) is 2.96. The molecule has 100 valence electrons. The Labute approximate surface area is 104 Å². The van der Waals surface area contributed by atoms with Crippen LogP contribution in [0.1, 0.15) is 12.0 Å². The van der Waals surface area contributed by atoms with Gasteiger partial charge in [0, 0.05) is 37.3 Å². The molecule has 2 rings (SSSR count). The minimum atomic E-state index is -0.599. The molecule has 0 radical (unpaired) electrons. The van der Waals surface area contributed by atoms with Crippen LogP contribution in [0.15, 0.2) is 12.1 Å². The summed E-state index contributed by atoms with van der Waals surface area (Å²) in [6.07, 6.45) is 0.451. The Bertz CT molecular complexity index is 396. The standard InChI is InChI=1S/C13H16F3NO/c1-9-12(15)5-10(6-13(9)16)18-11-7-17(8-11)4-2-3-14/h5-6,11H,2-4,7-8H2,1H3. The van der Waals surface area contributed by atoms with Crippen LogP contribution in [0.3, 0.4) is 0 Å². The fourth-order valence-corrected chi connectivity index (χ4v) is 1.95. The molecule has 1 aliphatic heterocycles. The minimum absolute atomic E-state index is 0.000492. The molecular formula is C13H16F3NO. The van der Waals surface area contributed by atoms with Gasteiger partial charge in [-0.3, -0.25) is 9.29 Å². The summed E-state index contributed by atoms with van der Waals surface area (Å²) >= 11 is 0. The average Bonchev–Trinajstić information content (AvgIpc) is 2.28. The maximum Gasteiger partial charge on any atom is 0.132 e. The van der Waals surface area contributed by atoms with Crippen molar-refractivity contribution < 1.29 is 17.9 Å². The highest BCUT2D eigenvalue weighted by Crippen LogP contribution is 2.23. The molecule has 1 heterocycles. The molecule has 0 unspecified atom stereocenters. The summed E-state index contributed by atoms with van der Waals surface area (Å²) in [5, 5.41) is 0. The minimum Gasteiger partial charge on any atom is -0.488 e. The molecule has 1 aromatic rings. The molecule has 1 aliphatic rings. The van der Waals surface area contributed by atoms with Crippen LogP contribution in [-0.2, 0) is 0 Å². The van der Waals surface area contributed by atoms with Crippen LogP contribution in [0.25, 0.3) is 0 Å². The van der Waals surface area contributed by atoms with Crippen LogP contribution < -0.4 is 4.74 Å². The van der Waals surface area contributed by atoms with E-state index >= 15 is 0 Å². The van der Waals surface area contributed by atoms with Crippen molar-refractivity contribution in [3.8, 4) is 5.75 Å². The Morgan fingerprint density at radius 3 is 2.44 bits per heavy atom. The van der Waals surface area contributed by atoms with Gasteiger partial charge in [0.15, 0.2) is 0 Å². The molecule has 0 amide bonds. The van der Waals surface area contributed by atoms with Crippen molar-refractivity contribution in [3.05, 3.63) is 29.3 Å². The third-order valence-corrected chi connectivity index (χ3v) is 3.09. The number of halogens is 3. The Kier molecular flexibility index (Phi) is 4.11. The van der Waals surface area contributed by atoms with Crippen molar-refractivity contribution in [1.29, 1.82) is 0 Å². The first-order valence-electron chi connectivity index (χ1n) is 6.00. The first-order chi connectivity index (χ1) is 8.60. The summed E-state index contributed by atoms with van der Waals surface area (Å²) in [6.45, 7) is 3.12. The van der Waals surface area contributed by atoms with Gasteiger partial charge in [0.05, 0.1) is 6.67 Å². The summed E-state index contributed by atoms with van der Waals surface area (Å²) < 4.78 is 44.0. The highest BCUT2D eigenvalue weighted by molar-refractivity contribution is 5.30. The van der Waals surface area contributed by atoms with Crippen LogP contribution in [0.4, 0.5) is 13.2 Å². The van der Waals surface area contributed by atoms with Gasteiger partial charge in [-0.25, -0.2) is 8.78 Å². The summed E-state index contributed by atoms with van der Waals surface area (Å²) in [5.41, 5.74) is 0.000492. The normalized spacial score (nSPS) is 16.7. The second-order valence-corrected chi connectivity index (χ2v) is 4.55. The van der Waals surface area contributed by atoms with E-state index in [1.165, 1.54) is 19.1 Å². The average molecular weight is 259 g/mol. The van der Waals surface area contributed by atoms with Crippen LogP contribution in [-0.4, -0.2) is 37.3 Å². The highest BCUT2D eigenvalue weighted by Gasteiger charge is 2.28. The molecule has 1 aromatic carbocycles. The quantitative estimate of drug-likeness (QED) is 0.806. The lowest BCUT2D eigenvalue weighted by atomic mass is 10.1. The molecule has 0 aromatic heterocycles. The highest BCUT2D eigenvalue weighted by atomic mass is 19.1. The molecule has 0 N–H and O–H groups in total. The number of nitrogens with zero attached hydrogens (tertiary/aromatic N) is 1. The molecule has 2 nitrogen and oxygen atoms in total. The number of likely N-dealkylation sites (tertiary alicyclic amines) is 1. The molecule has 0 spiro atoms. The lowest BCUT2D eigenvalue weighted by Crippen LogP contribution is -2.53. The van der Waals surface area contributed by atoms with Crippen molar-refractivity contribution in [3.63, 3.8) is 0 Å². The molecular weight excluding hydrogens is 243 g/mol. The topological polar surface area (TPSA) is 12.5 Å². The third-order valence-electron chi connectivity index (χ3n) is 3.09. The zero-order chi connectivity index (χ0) is 13.1. The summed E-state index contributed by atoms with van der Waals surface area (Å²) in [4.78, 5) is 2.05. The van der Waals surface area contributed by atoms with Gasteiger partial charge in [-0.05, 0) is 13.3 Å². The number of hydrogen-bond acceptors (Lipinski definition) is 2. The van der Waals surface area contributed by atoms with Gasteiger partial charge in [0.25, 0.3) is 0 Å². The van der Waals surface area contributed by atoms with Crippen LogP contribution in [0.2, 0.25) is 0 Å². The number of alkyl halides is 1. The first-order valence-corrected chi connectivity index (χ1v) is 6.00. The van der Waals surface area contributed by atoms with Crippen molar-refractivity contribution in [2.45, 2.75) is 19.4 Å². The molecule has 0 bridgehead atoms. The largest absolute Gasteiger partial charge is 0.488 e. The molecule has 5 heteroatoms. The number of ether oxygens (including phenoxy) is 1. The van der Waals surface area contributed by atoms with Gasteiger partial charge < -0.3 is 4.74 Å². The van der Waals surface area contributed by atoms with E-state index < -0.39 is 11.6 Å². The van der Waals surface area contributed by atoms with Gasteiger partial charge in [0.1, 0.15) is 23.5 Å². The van der Waals surface area contributed by atoms with E-state index in [4.69, 9.17) is 4.74 Å². The van der Waals surface area contributed by atoms with E-state index in [2.05, 4.69) is 0 Å². The van der Waals surface area contributed by atoms with E-state index in [9.17, 15) is 13.2 Å². The molecule has 0 saturated carbocycles. The Morgan fingerprint density at radius 2 is 1.89 bits per heavy atom. The van der Waals surface area contributed by atoms with Crippen molar-refractivity contribution >= 4 is 0 Å². The smallest absolute Gasteiger partial charge is 0.132 e. The fourth-order valence-electron chi connectivity index (χ4n) is 1.95. The van der Waals surface area contributed by atoms with E-state index in [-0.39, 0.29) is 24.1 Å². The van der Waals surface area contributed by atoms with E-state index in [0.717, 1.165) is 0 Å². The zero-order valence-corrected chi connectivity index (χ0v) is 10.3. The Hall–Kier alpha value is -1.23. The number of rotatable bonds is 5. The maximum absolute atomic E-state index is 13.3. The zero-order valence-electron chi connectivity index (χ0n) is 10.3. The van der Waals surface area contributed by atoms with Crippen molar-refractivity contribution in [2.24, 2.45) is 0 Å². The van der Waals surface area contributed by atoms with Crippen LogP contribution >= 0.6 is 0 Å². The van der Waals surface area contributed by atoms with Gasteiger partial charge in [-0.1, -0.05) is 0 Å². The lowest BCUT2D eigenvalue weighted by molar-refractivity contribution is 0.0181. The SMILES string of the molecule is Cc1c(F)cc(OC2CN(CCCF)C2)cc1F. The summed E-state index contributed by atoms with van der Waals surface area (Å²) in [6, 6.07) is 2.39. The second-order valence-electron chi connectivity index (χ2n) is 4.55. The second kappa shape index (κ2) is 5.61. The van der Waals surface area contributed by atoms with Gasteiger partial charge in [-0.2, -0.15) is 0 Å². The van der Waals surface area contributed by atoms with E-state index in [0.29, 0.717) is 26.1 Å². The lowest BCUT2D eigenvalue weighted by Gasteiger charge is -2.38. The fraction of sp³-hybridized carbons (Fsp3) is 0.538. The predicted octanol–water partition coefficient (Wildman–Crippen LogP) is 2.70. The van der Waals surface area contributed by atoms with Gasteiger partial charge in [0.2, 0.25) is 0 Å². The van der Waals surface area contributed by atoms with Crippen molar-refractivity contribution in [1.82, 2.24) is 4.90 Å². The summed E-state index contributed by atoms with van der Waals surface area (Å²) in [5.74, 6) is -0.983. The van der Waals surface area contributed by atoms with Crippen LogP contribution in [0.5, 0.6) is 5.75 Å². The Balaban J connectivity index is 1.85. The number of hydrogen-bond donors (Lipinski definition) is 0. The predicted molar refractivity (Wildman–Crippen MR) is 62.5 cm³/mol. The maximum atomic E-state index is 13.3. The molecule has 0 aliphatic carbocycles.